The van der Waals surface area contributed by atoms with Crippen LogP contribution in [0.4, 0.5) is 5.82 Å². The Bertz CT molecular complexity index is 514. The summed E-state index contributed by atoms with van der Waals surface area (Å²) >= 11 is 0. The van der Waals surface area contributed by atoms with E-state index in [1.54, 1.807) is 0 Å². The Morgan fingerprint density at radius 3 is 3.00 bits per heavy atom. The molecule has 2 heterocycles. The van der Waals surface area contributed by atoms with Gasteiger partial charge >= 0.3 is 0 Å². The summed E-state index contributed by atoms with van der Waals surface area (Å²) < 4.78 is 5.06. The normalized spacial score (nSPS) is 16.8. The van der Waals surface area contributed by atoms with Gasteiger partial charge in [-0.2, -0.15) is 5.26 Å². The Morgan fingerprint density at radius 2 is 2.37 bits per heavy atom. The topological polar surface area (TPSA) is 94.0 Å². The molecule has 2 rings (SSSR count). The van der Waals surface area contributed by atoms with Gasteiger partial charge in [0.1, 0.15) is 0 Å². The summed E-state index contributed by atoms with van der Waals surface area (Å²) in [7, 11) is 1.45. The van der Waals surface area contributed by atoms with Gasteiger partial charge in [-0.25, -0.2) is 4.98 Å². The van der Waals surface area contributed by atoms with Crippen molar-refractivity contribution in [3.05, 3.63) is 16.7 Å². The standard InChI is InChI=1S/C12H17N5O2/c1-19-10-11(14-8-15-12(10)18)16-9-2-5-17(6-3-9)7-4-13/h8-9H,2-3,5-7H2,1H3,(H2,14,15,16,18). The molecule has 7 nitrogen and oxygen atoms in total. The maximum absolute atomic E-state index is 11.5. The van der Waals surface area contributed by atoms with Gasteiger partial charge in [-0.1, -0.05) is 0 Å². The lowest BCUT2D eigenvalue weighted by Crippen LogP contribution is -2.39. The summed E-state index contributed by atoms with van der Waals surface area (Å²) in [6.45, 7) is 2.22. The van der Waals surface area contributed by atoms with Crippen molar-refractivity contribution in [3.8, 4) is 11.8 Å². The average molecular weight is 263 g/mol. The van der Waals surface area contributed by atoms with Gasteiger partial charge in [-0.15, -0.1) is 0 Å². The number of anilines is 1. The van der Waals surface area contributed by atoms with E-state index < -0.39 is 0 Å². The van der Waals surface area contributed by atoms with Crippen molar-refractivity contribution in [1.82, 2.24) is 14.9 Å². The third kappa shape index (κ3) is 3.23. The van der Waals surface area contributed by atoms with E-state index in [4.69, 9.17) is 10.00 Å². The number of aromatic amines is 1. The van der Waals surface area contributed by atoms with Crippen LogP contribution in [0, 0.1) is 11.3 Å². The number of nitrogens with zero attached hydrogens (tertiary/aromatic N) is 3. The van der Waals surface area contributed by atoms with Crippen LogP contribution in [0.25, 0.3) is 0 Å². The van der Waals surface area contributed by atoms with Crippen molar-refractivity contribution in [2.45, 2.75) is 18.9 Å². The molecule has 0 atom stereocenters. The van der Waals surface area contributed by atoms with E-state index in [2.05, 4.69) is 26.3 Å². The first kappa shape index (κ1) is 13.4. The summed E-state index contributed by atoms with van der Waals surface area (Å²) in [4.78, 5) is 20.2. The fourth-order valence-electron chi connectivity index (χ4n) is 2.21. The maximum atomic E-state index is 11.5. The second-order valence-electron chi connectivity index (χ2n) is 4.47. The molecule has 1 saturated heterocycles. The number of rotatable bonds is 4. The molecule has 0 unspecified atom stereocenters. The first-order valence-electron chi connectivity index (χ1n) is 6.22. The van der Waals surface area contributed by atoms with Gasteiger partial charge in [0.05, 0.1) is 26.1 Å². The van der Waals surface area contributed by atoms with Crippen LogP contribution >= 0.6 is 0 Å². The predicted molar refractivity (Wildman–Crippen MR) is 70.1 cm³/mol. The molecule has 2 N–H and O–H groups in total. The number of hydrogen-bond donors (Lipinski definition) is 2. The van der Waals surface area contributed by atoms with E-state index >= 15 is 0 Å². The minimum absolute atomic E-state index is 0.210. The smallest absolute Gasteiger partial charge is 0.295 e. The number of H-pyrrole nitrogens is 1. The summed E-state index contributed by atoms with van der Waals surface area (Å²) in [6, 6.07) is 2.40. The van der Waals surface area contributed by atoms with Gasteiger partial charge < -0.3 is 15.0 Å². The number of piperidine rings is 1. The Morgan fingerprint density at radius 1 is 1.63 bits per heavy atom. The molecule has 1 aromatic heterocycles. The molecule has 1 aliphatic rings. The zero-order valence-corrected chi connectivity index (χ0v) is 10.8. The molecule has 19 heavy (non-hydrogen) atoms. The zero-order chi connectivity index (χ0) is 13.7. The van der Waals surface area contributed by atoms with Crippen LogP contribution in [-0.4, -0.2) is 47.7 Å². The van der Waals surface area contributed by atoms with Crippen LogP contribution in [0.3, 0.4) is 0 Å². The highest BCUT2D eigenvalue weighted by atomic mass is 16.5. The van der Waals surface area contributed by atoms with Crippen LogP contribution in [0.2, 0.25) is 0 Å². The van der Waals surface area contributed by atoms with E-state index in [1.807, 2.05) is 0 Å². The highest BCUT2D eigenvalue weighted by molar-refractivity contribution is 5.48. The molecule has 7 heteroatoms. The van der Waals surface area contributed by atoms with Crippen LogP contribution in [-0.2, 0) is 0 Å². The number of nitrogens with one attached hydrogen (secondary N) is 2. The first-order valence-corrected chi connectivity index (χ1v) is 6.22. The Hall–Kier alpha value is -2.07. The van der Waals surface area contributed by atoms with Gasteiger partial charge in [0.2, 0.25) is 5.75 Å². The van der Waals surface area contributed by atoms with Crippen molar-refractivity contribution in [2.75, 3.05) is 32.1 Å². The minimum Gasteiger partial charge on any atom is -0.489 e. The van der Waals surface area contributed by atoms with Gasteiger partial charge in [-0.05, 0) is 12.8 Å². The Kier molecular flexibility index (Phi) is 4.36. The fourth-order valence-corrected chi connectivity index (χ4v) is 2.21. The van der Waals surface area contributed by atoms with Crippen molar-refractivity contribution in [1.29, 1.82) is 5.26 Å². The summed E-state index contributed by atoms with van der Waals surface area (Å²) in [6.07, 6.45) is 3.19. The van der Waals surface area contributed by atoms with Gasteiger partial charge in [0.25, 0.3) is 5.56 Å². The lowest BCUT2D eigenvalue weighted by atomic mass is 10.1. The highest BCUT2D eigenvalue weighted by Gasteiger charge is 2.20. The largest absolute Gasteiger partial charge is 0.489 e. The lowest BCUT2D eigenvalue weighted by Gasteiger charge is -2.31. The SMILES string of the molecule is COc1c(NC2CCN(CC#N)CC2)nc[nH]c1=O. The van der Waals surface area contributed by atoms with Crippen molar-refractivity contribution >= 4 is 5.82 Å². The Labute approximate surface area is 111 Å². The third-order valence-corrected chi connectivity index (χ3v) is 3.24. The predicted octanol–water partition coefficient (Wildman–Crippen LogP) is 0.178. The molecule has 0 aromatic carbocycles. The molecular weight excluding hydrogens is 246 g/mol. The molecule has 1 aliphatic heterocycles. The second-order valence-corrected chi connectivity index (χ2v) is 4.47. The van der Waals surface area contributed by atoms with E-state index in [0.717, 1.165) is 25.9 Å². The first-order chi connectivity index (χ1) is 9.24. The molecule has 0 saturated carbocycles. The van der Waals surface area contributed by atoms with Gasteiger partial charge in [0, 0.05) is 19.1 Å². The molecule has 0 amide bonds. The van der Waals surface area contributed by atoms with Gasteiger partial charge in [0.15, 0.2) is 5.82 Å². The quantitative estimate of drug-likeness (QED) is 0.752. The summed E-state index contributed by atoms with van der Waals surface area (Å²) in [5.41, 5.74) is -0.290. The maximum Gasteiger partial charge on any atom is 0.295 e. The van der Waals surface area contributed by atoms with Crippen molar-refractivity contribution in [2.24, 2.45) is 0 Å². The van der Waals surface area contributed by atoms with E-state index in [-0.39, 0.29) is 17.4 Å². The molecule has 0 spiro atoms. The minimum atomic E-state index is -0.290. The lowest BCUT2D eigenvalue weighted by molar-refractivity contribution is 0.242. The summed E-state index contributed by atoms with van der Waals surface area (Å²) in [5.74, 6) is 0.687. The fraction of sp³-hybridized carbons (Fsp3) is 0.583. The number of methoxy groups -OCH3 is 1. The zero-order valence-electron chi connectivity index (χ0n) is 10.8. The molecule has 1 fully saturated rings. The summed E-state index contributed by atoms with van der Waals surface area (Å²) in [5, 5.41) is 11.9. The number of aromatic nitrogens is 2. The van der Waals surface area contributed by atoms with Crippen LogP contribution < -0.4 is 15.6 Å². The molecular formula is C12H17N5O2. The third-order valence-electron chi connectivity index (χ3n) is 3.24. The van der Waals surface area contributed by atoms with Crippen molar-refractivity contribution < 1.29 is 4.74 Å². The van der Waals surface area contributed by atoms with Crippen LogP contribution in [0.15, 0.2) is 11.1 Å². The monoisotopic (exact) mass is 263 g/mol. The van der Waals surface area contributed by atoms with E-state index in [1.165, 1.54) is 13.4 Å². The molecule has 1 aromatic rings. The molecule has 0 bridgehead atoms. The van der Waals surface area contributed by atoms with E-state index in [0.29, 0.717) is 12.4 Å². The van der Waals surface area contributed by atoms with Crippen LogP contribution in [0.5, 0.6) is 5.75 Å². The highest BCUT2D eigenvalue weighted by Crippen LogP contribution is 2.19. The van der Waals surface area contributed by atoms with E-state index in [9.17, 15) is 4.79 Å². The molecule has 0 aliphatic carbocycles. The Balaban J connectivity index is 1.98. The number of hydrogen-bond acceptors (Lipinski definition) is 6. The van der Waals surface area contributed by atoms with Crippen LogP contribution in [0.1, 0.15) is 12.8 Å². The number of ether oxygens (including phenoxy) is 1. The average Bonchev–Trinajstić information content (AvgIpc) is 2.42. The number of likely N-dealkylation sites (tertiary alicyclic amines) is 1. The van der Waals surface area contributed by atoms with Gasteiger partial charge in [-0.3, -0.25) is 9.69 Å². The van der Waals surface area contributed by atoms with Crippen molar-refractivity contribution in [3.63, 3.8) is 0 Å². The second kappa shape index (κ2) is 6.20. The number of nitriles is 1. The molecule has 0 radical (unpaired) electrons. The molecule has 102 valence electrons.